The zero-order chi connectivity index (χ0) is 20.8. The molecule has 0 spiro atoms. The third-order valence-electron chi connectivity index (χ3n) is 4.02. The molecule has 0 saturated heterocycles. The van der Waals surface area contributed by atoms with E-state index in [-0.39, 0.29) is 17.8 Å². The summed E-state index contributed by atoms with van der Waals surface area (Å²) in [5, 5.41) is 11.0. The fourth-order valence-corrected chi connectivity index (χ4v) is 3.68. The van der Waals surface area contributed by atoms with Crippen molar-refractivity contribution in [1.82, 2.24) is 4.98 Å². The number of rotatable bonds is 6. The molecular formula is C23H19ClN2O2S. The third-order valence-corrected chi connectivity index (χ3v) is 5.22. The number of benzene rings is 2. The summed E-state index contributed by atoms with van der Waals surface area (Å²) in [4.78, 5) is 16.7. The first-order valence-electron chi connectivity index (χ1n) is 9.06. The average molecular weight is 423 g/mol. The molecule has 0 N–H and O–H groups in total. The number of thioether (sulfide) groups is 1. The molecule has 0 amide bonds. The molecule has 0 aliphatic heterocycles. The highest BCUT2D eigenvalue weighted by molar-refractivity contribution is 7.99. The maximum Gasteiger partial charge on any atom is 0.316 e. The van der Waals surface area contributed by atoms with Crippen LogP contribution in [0.5, 0.6) is 0 Å². The number of carbonyl (C=O) groups is 1. The molecule has 3 aromatic rings. The first-order valence-corrected chi connectivity index (χ1v) is 10.4. The summed E-state index contributed by atoms with van der Waals surface area (Å²) in [5.41, 5.74) is 3.69. The molecule has 4 nitrogen and oxygen atoms in total. The van der Waals surface area contributed by atoms with Crippen molar-refractivity contribution in [3.8, 4) is 28.5 Å². The smallest absolute Gasteiger partial charge is 0.316 e. The molecule has 146 valence electrons. The van der Waals surface area contributed by atoms with Crippen LogP contribution in [0, 0.1) is 11.3 Å². The minimum absolute atomic E-state index is 0.0815. The lowest BCUT2D eigenvalue weighted by Gasteiger charge is -2.13. The van der Waals surface area contributed by atoms with E-state index in [2.05, 4.69) is 11.1 Å². The Bertz CT molecular complexity index is 1040. The fourth-order valence-electron chi connectivity index (χ4n) is 2.77. The topological polar surface area (TPSA) is 63.0 Å². The van der Waals surface area contributed by atoms with Crippen LogP contribution in [0.25, 0.3) is 22.4 Å². The number of carbonyl (C=O) groups excluding carboxylic acids is 1. The van der Waals surface area contributed by atoms with E-state index in [4.69, 9.17) is 16.3 Å². The van der Waals surface area contributed by atoms with Gasteiger partial charge in [0.2, 0.25) is 0 Å². The van der Waals surface area contributed by atoms with Crippen LogP contribution in [0.4, 0.5) is 0 Å². The molecule has 1 aromatic heterocycles. The summed E-state index contributed by atoms with van der Waals surface area (Å²) in [6.45, 7) is 3.60. The van der Waals surface area contributed by atoms with Crippen molar-refractivity contribution in [1.29, 1.82) is 5.26 Å². The predicted molar refractivity (Wildman–Crippen MR) is 117 cm³/mol. The Balaban J connectivity index is 2.08. The minimum atomic E-state index is -0.339. The van der Waals surface area contributed by atoms with Crippen LogP contribution in [-0.2, 0) is 9.53 Å². The van der Waals surface area contributed by atoms with Gasteiger partial charge in [0.1, 0.15) is 11.1 Å². The van der Waals surface area contributed by atoms with Crippen molar-refractivity contribution in [2.75, 3.05) is 5.75 Å². The fraction of sp³-hybridized carbons (Fsp3) is 0.174. The van der Waals surface area contributed by atoms with Gasteiger partial charge in [-0.2, -0.15) is 5.26 Å². The molecule has 3 rings (SSSR count). The quantitative estimate of drug-likeness (QED) is 0.361. The summed E-state index contributed by atoms with van der Waals surface area (Å²) in [6.07, 6.45) is -0.188. The lowest BCUT2D eigenvalue weighted by molar-refractivity contribution is -0.144. The number of pyridine rings is 1. The monoisotopic (exact) mass is 422 g/mol. The predicted octanol–water partition coefficient (Wildman–Crippen LogP) is 5.98. The molecule has 2 aromatic carbocycles. The van der Waals surface area contributed by atoms with E-state index < -0.39 is 0 Å². The van der Waals surface area contributed by atoms with Crippen LogP contribution in [0.3, 0.4) is 0 Å². The van der Waals surface area contributed by atoms with Gasteiger partial charge in [-0.05, 0) is 37.6 Å². The van der Waals surface area contributed by atoms with E-state index in [1.165, 1.54) is 11.8 Å². The molecule has 1 heterocycles. The van der Waals surface area contributed by atoms with Crippen LogP contribution in [0.15, 0.2) is 65.7 Å². The normalized spacial score (nSPS) is 10.6. The van der Waals surface area contributed by atoms with Crippen molar-refractivity contribution in [2.24, 2.45) is 0 Å². The number of ether oxygens (including phenoxy) is 1. The molecule has 0 unspecified atom stereocenters. The Hall–Kier alpha value is -2.81. The van der Waals surface area contributed by atoms with Crippen LogP contribution >= 0.6 is 23.4 Å². The Morgan fingerprint density at radius 1 is 1.14 bits per heavy atom. The summed E-state index contributed by atoms with van der Waals surface area (Å²) in [7, 11) is 0. The molecule has 0 aliphatic rings. The highest BCUT2D eigenvalue weighted by atomic mass is 35.5. The number of hydrogen-bond acceptors (Lipinski definition) is 5. The van der Waals surface area contributed by atoms with Gasteiger partial charge in [0, 0.05) is 16.1 Å². The van der Waals surface area contributed by atoms with Gasteiger partial charge in [-0.15, -0.1) is 0 Å². The minimum Gasteiger partial charge on any atom is -0.462 e. The van der Waals surface area contributed by atoms with Gasteiger partial charge in [-0.3, -0.25) is 4.79 Å². The molecule has 0 atom stereocenters. The van der Waals surface area contributed by atoms with Gasteiger partial charge in [0.05, 0.1) is 23.1 Å². The van der Waals surface area contributed by atoms with E-state index in [1.807, 2.05) is 48.5 Å². The largest absolute Gasteiger partial charge is 0.462 e. The van der Waals surface area contributed by atoms with Crippen molar-refractivity contribution >= 4 is 29.3 Å². The summed E-state index contributed by atoms with van der Waals surface area (Å²) < 4.78 is 5.20. The van der Waals surface area contributed by atoms with Crippen molar-refractivity contribution in [3.63, 3.8) is 0 Å². The lowest BCUT2D eigenvalue weighted by Crippen LogP contribution is -2.13. The zero-order valence-corrected chi connectivity index (χ0v) is 17.6. The third kappa shape index (κ3) is 5.38. The molecule has 0 bridgehead atoms. The van der Waals surface area contributed by atoms with Gasteiger partial charge in [-0.25, -0.2) is 4.98 Å². The van der Waals surface area contributed by atoms with Crippen LogP contribution < -0.4 is 0 Å². The molecule has 0 fully saturated rings. The summed E-state index contributed by atoms with van der Waals surface area (Å²) in [6, 6.07) is 21.2. The second-order valence-corrected chi connectivity index (χ2v) is 7.95. The number of esters is 1. The maximum absolute atomic E-state index is 12.0. The van der Waals surface area contributed by atoms with Crippen LogP contribution in [0.1, 0.15) is 19.4 Å². The Morgan fingerprint density at radius 3 is 2.45 bits per heavy atom. The summed E-state index contributed by atoms with van der Waals surface area (Å²) in [5.74, 6) is -0.258. The first-order chi connectivity index (χ1) is 14.0. The van der Waals surface area contributed by atoms with Crippen molar-refractivity contribution in [2.45, 2.75) is 25.0 Å². The van der Waals surface area contributed by atoms with E-state index in [9.17, 15) is 10.1 Å². The zero-order valence-electron chi connectivity index (χ0n) is 16.1. The average Bonchev–Trinajstić information content (AvgIpc) is 2.72. The van der Waals surface area contributed by atoms with E-state index in [0.29, 0.717) is 15.6 Å². The molecule has 29 heavy (non-hydrogen) atoms. The van der Waals surface area contributed by atoms with Crippen molar-refractivity contribution in [3.05, 3.63) is 71.2 Å². The Labute approximate surface area is 179 Å². The van der Waals surface area contributed by atoms with Crippen LogP contribution in [-0.4, -0.2) is 22.8 Å². The van der Waals surface area contributed by atoms with Crippen molar-refractivity contribution < 1.29 is 9.53 Å². The lowest BCUT2D eigenvalue weighted by atomic mass is 9.99. The van der Waals surface area contributed by atoms with Gasteiger partial charge < -0.3 is 4.74 Å². The molecule has 0 aliphatic carbocycles. The highest BCUT2D eigenvalue weighted by Crippen LogP contribution is 2.34. The molecule has 6 heteroatoms. The molecular weight excluding hydrogens is 404 g/mol. The maximum atomic E-state index is 12.0. The SMILES string of the molecule is CC(C)OC(=O)CSc1nc(-c2ccccc2)cc(-c2ccc(Cl)cc2)c1C#N. The second-order valence-electron chi connectivity index (χ2n) is 6.55. The summed E-state index contributed by atoms with van der Waals surface area (Å²) >= 11 is 7.23. The molecule has 0 radical (unpaired) electrons. The number of aromatic nitrogens is 1. The number of nitrogens with zero attached hydrogens (tertiary/aromatic N) is 2. The number of nitriles is 1. The van der Waals surface area contributed by atoms with Crippen LogP contribution in [0.2, 0.25) is 5.02 Å². The van der Waals surface area contributed by atoms with E-state index >= 15 is 0 Å². The van der Waals surface area contributed by atoms with Gasteiger partial charge in [-0.1, -0.05) is 65.8 Å². The standard InChI is InChI=1S/C23H19ClN2O2S/c1-15(2)28-22(27)14-29-23-20(13-25)19(16-8-10-18(24)11-9-16)12-21(26-23)17-6-4-3-5-7-17/h3-12,15H,14H2,1-2H3. The van der Waals surface area contributed by atoms with Gasteiger partial charge in [0.25, 0.3) is 0 Å². The van der Waals surface area contributed by atoms with Gasteiger partial charge in [0.15, 0.2) is 0 Å². The Morgan fingerprint density at radius 2 is 1.83 bits per heavy atom. The first kappa shape index (κ1) is 20.9. The van der Waals surface area contributed by atoms with Gasteiger partial charge >= 0.3 is 5.97 Å². The van der Waals surface area contributed by atoms with E-state index in [0.717, 1.165) is 22.4 Å². The van der Waals surface area contributed by atoms with E-state index in [1.54, 1.807) is 26.0 Å². The molecule has 0 saturated carbocycles. The second kappa shape index (κ2) is 9.60. The number of hydrogen-bond donors (Lipinski definition) is 0. The highest BCUT2D eigenvalue weighted by Gasteiger charge is 2.17. The number of halogens is 1. The Kier molecular flexibility index (Phi) is 6.92.